The molecule has 0 unspecified atom stereocenters. The van der Waals surface area contributed by atoms with Crippen LogP contribution in [0.1, 0.15) is 21.6 Å². The minimum atomic E-state index is -0.309. The standard InChI is InChI=1S/C18H22N4O2/c1-13-4-6-14(7-5-13)8-10-20-18(24)21-15-9-11-19-16(12-15)17(23)22(2)3/h4-7,9,11-12H,8,10H2,1-3H3,(H2,19,20,21,24). The molecule has 2 N–H and O–H groups in total. The summed E-state index contributed by atoms with van der Waals surface area (Å²) in [5.74, 6) is -0.210. The van der Waals surface area contributed by atoms with E-state index in [1.54, 1.807) is 26.2 Å². The van der Waals surface area contributed by atoms with Gasteiger partial charge in [-0.2, -0.15) is 0 Å². The van der Waals surface area contributed by atoms with Crippen molar-refractivity contribution in [1.29, 1.82) is 0 Å². The second-order valence-corrected chi connectivity index (χ2v) is 5.75. The molecule has 126 valence electrons. The molecule has 2 aromatic rings. The van der Waals surface area contributed by atoms with Gasteiger partial charge in [-0.25, -0.2) is 4.79 Å². The Morgan fingerprint density at radius 2 is 1.83 bits per heavy atom. The first kappa shape index (κ1) is 17.5. The summed E-state index contributed by atoms with van der Waals surface area (Å²) in [4.78, 5) is 29.3. The van der Waals surface area contributed by atoms with Crippen LogP contribution in [0.4, 0.5) is 10.5 Å². The van der Waals surface area contributed by atoms with Crippen LogP contribution < -0.4 is 10.6 Å². The van der Waals surface area contributed by atoms with Gasteiger partial charge in [-0.05, 0) is 31.0 Å². The first-order valence-corrected chi connectivity index (χ1v) is 7.74. The number of amides is 3. The summed E-state index contributed by atoms with van der Waals surface area (Å²) in [5.41, 5.74) is 3.20. The number of nitrogens with zero attached hydrogens (tertiary/aromatic N) is 2. The highest BCUT2D eigenvalue weighted by molar-refractivity contribution is 5.95. The van der Waals surface area contributed by atoms with E-state index in [0.717, 1.165) is 6.42 Å². The maximum Gasteiger partial charge on any atom is 0.319 e. The Hall–Kier alpha value is -2.89. The van der Waals surface area contributed by atoms with E-state index >= 15 is 0 Å². The molecule has 6 heteroatoms. The van der Waals surface area contributed by atoms with E-state index < -0.39 is 0 Å². The smallest absolute Gasteiger partial charge is 0.319 e. The molecule has 3 amide bonds. The fourth-order valence-electron chi connectivity index (χ4n) is 2.10. The van der Waals surface area contributed by atoms with Crippen LogP contribution in [0.15, 0.2) is 42.6 Å². The fraction of sp³-hybridized carbons (Fsp3) is 0.278. The molecule has 0 saturated heterocycles. The van der Waals surface area contributed by atoms with Gasteiger partial charge in [0, 0.05) is 32.5 Å². The third kappa shape index (κ3) is 5.08. The molecule has 0 saturated carbocycles. The second kappa shape index (κ2) is 8.10. The maximum absolute atomic E-state index is 11.9. The van der Waals surface area contributed by atoms with E-state index in [-0.39, 0.29) is 17.6 Å². The summed E-state index contributed by atoms with van der Waals surface area (Å²) in [7, 11) is 3.31. The SMILES string of the molecule is Cc1ccc(CCNC(=O)Nc2ccnc(C(=O)N(C)C)c2)cc1. The molecule has 1 aromatic heterocycles. The average molecular weight is 326 g/mol. The molecule has 1 heterocycles. The van der Waals surface area contributed by atoms with Crippen molar-refractivity contribution in [2.45, 2.75) is 13.3 Å². The Morgan fingerprint density at radius 1 is 1.12 bits per heavy atom. The van der Waals surface area contributed by atoms with E-state index in [9.17, 15) is 9.59 Å². The lowest BCUT2D eigenvalue weighted by molar-refractivity contribution is 0.0822. The molecule has 0 atom stereocenters. The van der Waals surface area contributed by atoms with Gasteiger partial charge in [-0.1, -0.05) is 29.8 Å². The summed E-state index contributed by atoms with van der Waals surface area (Å²) in [6, 6.07) is 11.1. The molecule has 24 heavy (non-hydrogen) atoms. The Bertz CT molecular complexity index is 711. The van der Waals surface area contributed by atoms with E-state index in [0.29, 0.717) is 12.2 Å². The molecular formula is C18H22N4O2. The minimum absolute atomic E-state index is 0.210. The lowest BCUT2D eigenvalue weighted by Crippen LogP contribution is -2.30. The number of benzene rings is 1. The molecule has 2 rings (SSSR count). The highest BCUT2D eigenvalue weighted by Crippen LogP contribution is 2.09. The Kier molecular flexibility index (Phi) is 5.89. The molecule has 0 aliphatic rings. The van der Waals surface area contributed by atoms with Crippen molar-refractivity contribution < 1.29 is 9.59 Å². The topological polar surface area (TPSA) is 74.3 Å². The highest BCUT2D eigenvalue weighted by Gasteiger charge is 2.10. The number of hydrogen-bond acceptors (Lipinski definition) is 3. The predicted octanol–water partition coefficient (Wildman–Crippen LogP) is 2.46. The number of nitrogens with one attached hydrogen (secondary N) is 2. The quantitative estimate of drug-likeness (QED) is 0.886. The molecule has 0 aliphatic heterocycles. The normalized spacial score (nSPS) is 10.1. The molecule has 0 bridgehead atoms. The molecule has 0 radical (unpaired) electrons. The second-order valence-electron chi connectivity index (χ2n) is 5.75. The maximum atomic E-state index is 11.9. The number of anilines is 1. The first-order valence-electron chi connectivity index (χ1n) is 7.74. The summed E-state index contributed by atoms with van der Waals surface area (Å²) in [6.07, 6.45) is 2.26. The van der Waals surface area contributed by atoms with Crippen LogP contribution in [0.2, 0.25) is 0 Å². The zero-order chi connectivity index (χ0) is 17.5. The zero-order valence-corrected chi connectivity index (χ0v) is 14.2. The summed E-state index contributed by atoms with van der Waals surface area (Å²) >= 11 is 0. The molecular weight excluding hydrogens is 304 g/mol. The molecule has 0 spiro atoms. The van der Waals surface area contributed by atoms with E-state index in [1.165, 1.54) is 22.2 Å². The van der Waals surface area contributed by atoms with Crippen molar-refractivity contribution in [3.63, 3.8) is 0 Å². The fourth-order valence-corrected chi connectivity index (χ4v) is 2.10. The lowest BCUT2D eigenvalue weighted by Gasteiger charge is -2.11. The Morgan fingerprint density at radius 3 is 2.50 bits per heavy atom. The van der Waals surface area contributed by atoms with Gasteiger partial charge in [0.25, 0.3) is 5.91 Å². The van der Waals surface area contributed by atoms with Crippen LogP contribution in [0.5, 0.6) is 0 Å². The number of pyridine rings is 1. The van der Waals surface area contributed by atoms with Gasteiger partial charge >= 0.3 is 6.03 Å². The average Bonchev–Trinajstić information content (AvgIpc) is 2.56. The molecule has 1 aromatic carbocycles. The molecule has 0 aliphatic carbocycles. The van der Waals surface area contributed by atoms with Gasteiger partial charge < -0.3 is 15.5 Å². The highest BCUT2D eigenvalue weighted by atomic mass is 16.2. The largest absolute Gasteiger partial charge is 0.343 e. The van der Waals surface area contributed by atoms with Crippen LogP contribution >= 0.6 is 0 Å². The van der Waals surface area contributed by atoms with Gasteiger partial charge in [0.15, 0.2) is 0 Å². The van der Waals surface area contributed by atoms with Crippen LogP contribution in [-0.4, -0.2) is 42.5 Å². The molecule has 6 nitrogen and oxygen atoms in total. The van der Waals surface area contributed by atoms with E-state index in [4.69, 9.17) is 0 Å². The number of carbonyl (C=O) groups is 2. The Balaban J connectivity index is 1.85. The Labute approximate surface area is 141 Å². The third-order valence-electron chi connectivity index (χ3n) is 3.46. The summed E-state index contributed by atoms with van der Waals surface area (Å²) < 4.78 is 0. The zero-order valence-electron chi connectivity index (χ0n) is 14.2. The number of rotatable bonds is 5. The minimum Gasteiger partial charge on any atom is -0.343 e. The monoisotopic (exact) mass is 326 g/mol. The van der Waals surface area contributed by atoms with Gasteiger partial charge in [-0.3, -0.25) is 9.78 Å². The van der Waals surface area contributed by atoms with Crippen LogP contribution in [0, 0.1) is 6.92 Å². The first-order chi connectivity index (χ1) is 11.5. The third-order valence-corrected chi connectivity index (χ3v) is 3.46. The summed E-state index contributed by atoms with van der Waals surface area (Å²) in [5, 5.41) is 5.51. The van der Waals surface area contributed by atoms with Crippen molar-refractivity contribution in [3.8, 4) is 0 Å². The van der Waals surface area contributed by atoms with E-state index in [1.807, 2.05) is 6.92 Å². The van der Waals surface area contributed by atoms with Gasteiger partial charge in [0.05, 0.1) is 0 Å². The van der Waals surface area contributed by atoms with E-state index in [2.05, 4.69) is 39.9 Å². The van der Waals surface area contributed by atoms with Crippen molar-refractivity contribution in [1.82, 2.24) is 15.2 Å². The lowest BCUT2D eigenvalue weighted by atomic mass is 10.1. The summed E-state index contributed by atoms with van der Waals surface area (Å²) in [6.45, 7) is 2.57. The number of carbonyl (C=O) groups excluding carboxylic acids is 2. The van der Waals surface area contributed by atoms with Crippen LogP contribution in [-0.2, 0) is 6.42 Å². The number of aromatic nitrogens is 1. The number of hydrogen-bond donors (Lipinski definition) is 2. The predicted molar refractivity (Wildman–Crippen MR) is 94.2 cm³/mol. The van der Waals surface area contributed by atoms with Crippen LogP contribution in [0.3, 0.4) is 0 Å². The van der Waals surface area contributed by atoms with Crippen molar-refractivity contribution in [2.75, 3.05) is 26.0 Å². The number of urea groups is 1. The molecule has 0 fully saturated rings. The van der Waals surface area contributed by atoms with Gasteiger partial charge in [0.1, 0.15) is 5.69 Å². The number of aryl methyl sites for hydroxylation is 1. The van der Waals surface area contributed by atoms with Crippen molar-refractivity contribution in [3.05, 3.63) is 59.4 Å². The van der Waals surface area contributed by atoms with Crippen LogP contribution in [0.25, 0.3) is 0 Å². The van der Waals surface area contributed by atoms with Gasteiger partial charge in [0.2, 0.25) is 0 Å². The van der Waals surface area contributed by atoms with Crippen molar-refractivity contribution in [2.24, 2.45) is 0 Å². The van der Waals surface area contributed by atoms with Gasteiger partial charge in [-0.15, -0.1) is 0 Å². The van der Waals surface area contributed by atoms with Crippen molar-refractivity contribution >= 4 is 17.6 Å².